The van der Waals surface area contributed by atoms with Crippen LogP contribution in [0.2, 0.25) is 0 Å². The van der Waals surface area contributed by atoms with E-state index >= 15 is 0 Å². The average Bonchev–Trinajstić information content (AvgIpc) is 2.86. The minimum Gasteiger partial charge on any atom is -0.504 e. The summed E-state index contributed by atoms with van der Waals surface area (Å²) in [6, 6.07) is 7.59. The maximum Gasteiger partial charge on any atom is 0.348 e. The highest BCUT2D eigenvalue weighted by Gasteiger charge is 2.18. The third-order valence-electron chi connectivity index (χ3n) is 3.63. The molecular weight excluding hydrogens is 288 g/mol. The lowest BCUT2D eigenvalue weighted by Crippen LogP contribution is -1.98. The van der Waals surface area contributed by atoms with Gasteiger partial charge in [0.2, 0.25) is 0 Å². The summed E-state index contributed by atoms with van der Waals surface area (Å²) in [6.07, 6.45) is 0. The molecule has 0 radical (unpaired) electrons. The summed E-state index contributed by atoms with van der Waals surface area (Å²) >= 11 is 0. The van der Waals surface area contributed by atoms with Crippen LogP contribution in [0.3, 0.4) is 0 Å². The molecule has 0 aliphatic rings. The number of hydrogen-bond donors (Lipinski definition) is 2. The lowest BCUT2D eigenvalue weighted by atomic mass is 10.1. The highest BCUT2D eigenvalue weighted by molar-refractivity contribution is 6.13. The van der Waals surface area contributed by atoms with Crippen molar-refractivity contribution in [2.75, 3.05) is 7.11 Å². The topological polar surface area (TPSA) is 93.0 Å². The fourth-order valence-corrected chi connectivity index (χ4v) is 2.57. The predicted molar refractivity (Wildman–Crippen MR) is 79.6 cm³/mol. The van der Waals surface area contributed by atoms with E-state index < -0.39 is 5.63 Å². The van der Waals surface area contributed by atoms with E-state index in [0.717, 1.165) is 0 Å². The molecule has 0 atom stereocenters. The molecule has 0 bridgehead atoms. The Bertz CT molecular complexity index is 1100. The van der Waals surface area contributed by atoms with Gasteiger partial charge in [0, 0.05) is 17.5 Å². The summed E-state index contributed by atoms with van der Waals surface area (Å²) in [5.41, 5.74) is 0.388. The number of phenols is 2. The number of aromatic hydroxyl groups is 2. The Morgan fingerprint density at radius 1 is 0.955 bits per heavy atom. The molecule has 2 N–H and O–H groups in total. The molecule has 0 aliphatic heterocycles. The Morgan fingerprint density at radius 3 is 2.45 bits per heavy atom. The molecule has 6 heteroatoms. The van der Waals surface area contributed by atoms with Gasteiger partial charge < -0.3 is 23.8 Å². The smallest absolute Gasteiger partial charge is 0.348 e. The van der Waals surface area contributed by atoms with Crippen molar-refractivity contribution < 1.29 is 23.8 Å². The molecule has 0 saturated carbocycles. The molecule has 4 aromatic rings. The Morgan fingerprint density at radius 2 is 1.68 bits per heavy atom. The summed E-state index contributed by atoms with van der Waals surface area (Å²) < 4.78 is 16.1. The van der Waals surface area contributed by atoms with Crippen LogP contribution in [0.1, 0.15) is 0 Å². The van der Waals surface area contributed by atoms with Crippen LogP contribution in [0, 0.1) is 0 Å². The minimum absolute atomic E-state index is 0.225. The van der Waals surface area contributed by atoms with Crippen LogP contribution in [-0.4, -0.2) is 17.3 Å². The van der Waals surface area contributed by atoms with Gasteiger partial charge in [0.05, 0.1) is 12.5 Å². The fourth-order valence-electron chi connectivity index (χ4n) is 2.57. The first-order valence-electron chi connectivity index (χ1n) is 6.47. The molecule has 110 valence electrons. The van der Waals surface area contributed by atoms with Gasteiger partial charge in [0.1, 0.15) is 22.3 Å². The van der Waals surface area contributed by atoms with Crippen molar-refractivity contribution >= 4 is 32.9 Å². The van der Waals surface area contributed by atoms with Crippen molar-refractivity contribution in [3.8, 4) is 17.2 Å². The summed E-state index contributed by atoms with van der Waals surface area (Å²) in [5.74, 6) is -0.0900. The number of rotatable bonds is 1. The highest BCUT2D eigenvalue weighted by atomic mass is 16.5. The highest BCUT2D eigenvalue weighted by Crippen LogP contribution is 2.37. The molecule has 0 fully saturated rings. The molecule has 0 unspecified atom stereocenters. The maximum absolute atomic E-state index is 12.3. The van der Waals surface area contributed by atoms with Crippen molar-refractivity contribution in [1.29, 1.82) is 0 Å². The van der Waals surface area contributed by atoms with Crippen molar-refractivity contribution in [3.63, 3.8) is 0 Å². The van der Waals surface area contributed by atoms with E-state index in [9.17, 15) is 15.0 Å². The number of fused-ring (bicyclic) bond motifs is 5. The van der Waals surface area contributed by atoms with Gasteiger partial charge in [0.25, 0.3) is 0 Å². The van der Waals surface area contributed by atoms with Crippen LogP contribution in [0.15, 0.2) is 44.0 Å². The van der Waals surface area contributed by atoms with Crippen LogP contribution >= 0.6 is 0 Å². The van der Waals surface area contributed by atoms with Crippen LogP contribution in [-0.2, 0) is 0 Å². The second-order valence-electron chi connectivity index (χ2n) is 4.89. The lowest BCUT2D eigenvalue weighted by molar-refractivity contribution is 0.404. The zero-order valence-electron chi connectivity index (χ0n) is 11.4. The molecular formula is C16H10O6. The van der Waals surface area contributed by atoms with Crippen molar-refractivity contribution in [1.82, 2.24) is 0 Å². The third-order valence-corrected chi connectivity index (χ3v) is 3.63. The van der Waals surface area contributed by atoms with Gasteiger partial charge >= 0.3 is 5.63 Å². The lowest BCUT2D eigenvalue weighted by Gasteiger charge is -2.01. The maximum atomic E-state index is 12.3. The van der Waals surface area contributed by atoms with Crippen molar-refractivity contribution in [2.45, 2.75) is 0 Å². The van der Waals surface area contributed by atoms with Gasteiger partial charge in [0.15, 0.2) is 17.1 Å². The summed E-state index contributed by atoms with van der Waals surface area (Å²) in [5, 5.41) is 20.4. The summed E-state index contributed by atoms with van der Waals surface area (Å²) in [4.78, 5) is 12.3. The second kappa shape index (κ2) is 4.17. The normalized spacial score (nSPS) is 11.5. The van der Waals surface area contributed by atoms with E-state index in [1.165, 1.54) is 19.2 Å². The number of furan rings is 1. The van der Waals surface area contributed by atoms with Crippen LogP contribution < -0.4 is 10.4 Å². The van der Waals surface area contributed by atoms with Crippen molar-refractivity contribution in [3.05, 3.63) is 40.8 Å². The first-order chi connectivity index (χ1) is 10.6. The van der Waals surface area contributed by atoms with Gasteiger partial charge in [-0.2, -0.15) is 0 Å². The first-order valence-corrected chi connectivity index (χ1v) is 6.47. The van der Waals surface area contributed by atoms with Crippen molar-refractivity contribution in [2.24, 2.45) is 0 Å². The number of benzene rings is 2. The largest absolute Gasteiger partial charge is 0.504 e. The van der Waals surface area contributed by atoms with Gasteiger partial charge in [-0.15, -0.1) is 0 Å². The number of methoxy groups -OCH3 is 1. The SMILES string of the molecule is COc1ccc2c(c1)oc(=O)c1c3cc(O)c(O)cc3oc21. The molecule has 0 spiro atoms. The van der Waals surface area contributed by atoms with Gasteiger partial charge in [-0.05, 0) is 18.2 Å². The van der Waals surface area contributed by atoms with Crippen LogP contribution in [0.4, 0.5) is 0 Å². The Hall–Kier alpha value is -3.15. The number of hydrogen-bond acceptors (Lipinski definition) is 6. The molecule has 0 saturated heterocycles. The first kappa shape index (κ1) is 12.6. The van der Waals surface area contributed by atoms with Gasteiger partial charge in [-0.1, -0.05) is 0 Å². The second-order valence-corrected chi connectivity index (χ2v) is 4.89. The number of ether oxygens (including phenoxy) is 1. The third kappa shape index (κ3) is 1.57. The minimum atomic E-state index is -0.584. The molecule has 4 rings (SSSR count). The Kier molecular flexibility index (Phi) is 2.39. The zero-order chi connectivity index (χ0) is 15.4. The molecule has 2 aromatic carbocycles. The van der Waals surface area contributed by atoms with E-state index in [-0.39, 0.29) is 16.9 Å². The standard InChI is InChI=1S/C16H10O6/c1-20-7-2-3-8-12(4-7)22-16(19)14-9-5-10(17)11(18)6-13(9)21-15(8)14/h2-6,17-18H,1H3. The van der Waals surface area contributed by atoms with E-state index in [1.54, 1.807) is 18.2 Å². The zero-order valence-corrected chi connectivity index (χ0v) is 11.4. The molecule has 0 aliphatic carbocycles. The van der Waals surface area contributed by atoms with E-state index in [4.69, 9.17) is 13.6 Å². The molecule has 0 amide bonds. The van der Waals surface area contributed by atoms with E-state index in [1.807, 2.05) is 0 Å². The fraction of sp³-hybridized carbons (Fsp3) is 0.0625. The van der Waals surface area contributed by atoms with Gasteiger partial charge in [-0.25, -0.2) is 4.79 Å². The Balaban J connectivity index is 2.24. The van der Waals surface area contributed by atoms with E-state index in [2.05, 4.69) is 0 Å². The van der Waals surface area contributed by atoms with Crippen LogP contribution in [0.25, 0.3) is 32.9 Å². The molecule has 6 nitrogen and oxygen atoms in total. The number of phenolic OH excluding ortho intramolecular Hbond substituents is 2. The predicted octanol–water partition coefficient (Wildman–Crippen LogP) is 3.11. The molecule has 2 heterocycles. The Labute approximate surface area is 122 Å². The summed E-state index contributed by atoms with van der Waals surface area (Å²) in [7, 11) is 1.52. The van der Waals surface area contributed by atoms with Crippen LogP contribution in [0.5, 0.6) is 17.2 Å². The quantitative estimate of drug-likeness (QED) is 0.414. The van der Waals surface area contributed by atoms with E-state index in [0.29, 0.717) is 33.3 Å². The average molecular weight is 298 g/mol. The summed E-state index contributed by atoms with van der Waals surface area (Å²) in [6.45, 7) is 0. The molecule has 2 aromatic heterocycles. The monoisotopic (exact) mass is 298 g/mol. The van der Waals surface area contributed by atoms with Gasteiger partial charge in [-0.3, -0.25) is 0 Å². The molecule has 22 heavy (non-hydrogen) atoms.